The van der Waals surface area contributed by atoms with Gasteiger partial charge in [-0.15, -0.1) is 0 Å². The van der Waals surface area contributed by atoms with Crippen LogP contribution in [-0.4, -0.2) is 5.11 Å². The van der Waals surface area contributed by atoms with E-state index >= 15 is 0 Å². The Balaban J connectivity index is 1.86. The molecule has 2 heteroatoms. The lowest BCUT2D eigenvalue weighted by Gasteiger charge is -2.27. The fourth-order valence-corrected chi connectivity index (χ4v) is 3.26. The normalized spacial score (nSPS) is 18.1. The highest BCUT2D eigenvalue weighted by Gasteiger charge is 2.41. The third-order valence-electron chi connectivity index (χ3n) is 4.58. The van der Waals surface area contributed by atoms with Crippen LogP contribution in [0, 0.1) is 16.7 Å². The summed E-state index contributed by atoms with van der Waals surface area (Å²) in [6.07, 6.45) is 2.98. The molecule has 21 heavy (non-hydrogen) atoms. The summed E-state index contributed by atoms with van der Waals surface area (Å²) in [5, 5.41) is 20.1. The summed E-state index contributed by atoms with van der Waals surface area (Å²) in [5.74, 6) is 0. The number of aliphatic hydroxyl groups excluding tert-OH is 1. The first-order valence-electron chi connectivity index (χ1n) is 7.50. The summed E-state index contributed by atoms with van der Waals surface area (Å²) < 4.78 is 0. The van der Waals surface area contributed by atoms with Gasteiger partial charge in [0.15, 0.2) is 0 Å². The third kappa shape index (κ3) is 2.57. The van der Waals surface area contributed by atoms with Crippen molar-refractivity contribution in [2.45, 2.75) is 31.8 Å². The van der Waals surface area contributed by atoms with Gasteiger partial charge in [0.05, 0.1) is 17.6 Å². The molecule has 106 valence electrons. The Bertz CT molecular complexity index is 634. The van der Waals surface area contributed by atoms with Crippen molar-refractivity contribution in [2.75, 3.05) is 0 Å². The molecule has 1 unspecified atom stereocenters. The number of benzene rings is 2. The van der Waals surface area contributed by atoms with Gasteiger partial charge in [0.2, 0.25) is 0 Å². The number of aliphatic hydroxyl groups is 1. The van der Waals surface area contributed by atoms with Gasteiger partial charge < -0.3 is 5.11 Å². The summed E-state index contributed by atoms with van der Waals surface area (Å²) in [6, 6.07) is 20.5. The van der Waals surface area contributed by atoms with Crippen LogP contribution in [0.2, 0.25) is 0 Å². The molecule has 3 rings (SSSR count). The van der Waals surface area contributed by atoms with Crippen molar-refractivity contribution < 1.29 is 5.11 Å². The molecule has 0 heterocycles. The smallest absolute Gasteiger partial charge is 0.0976 e. The van der Waals surface area contributed by atoms with Gasteiger partial charge in [-0.1, -0.05) is 67.4 Å². The second kappa shape index (κ2) is 5.71. The van der Waals surface area contributed by atoms with E-state index in [1.54, 1.807) is 0 Å². The van der Waals surface area contributed by atoms with Crippen LogP contribution < -0.4 is 0 Å². The van der Waals surface area contributed by atoms with E-state index < -0.39 is 11.5 Å². The molecule has 0 aromatic heterocycles. The van der Waals surface area contributed by atoms with Gasteiger partial charge in [-0.3, -0.25) is 0 Å². The van der Waals surface area contributed by atoms with Crippen LogP contribution >= 0.6 is 0 Å². The Morgan fingerprint density at radius 2 is 1.48 bits per heavy atom. The summed E-state index contributed by atoms with van der Waals surface area (Å²) in [6.45, 7) is 0. The Morgan fingerprint density at radius 3 is 2.05 bits per heavy atom. The summed E-state index contributed by atoms with van der Waals surface area (Å²) in [5.41, 5.74) is 2.55. The minimum atomic E-state index is -0.685. The molecule has 1 atom stereocenters. The zero-order chi connectivity index (χ0) is 14.7. The molecule has 0 radical (unpaired) electrons. The molecule has 2 aromatic carbocycles. The van der Waals surface area contributed by atoms with Gasteiger partial charge in [-0.2, -0.15) is 5.26 Å². The van der Waals surface area contributed by atoms with Gasteiger partial charge in [0.25, 0.3) is 0 Å². The summed E-state index contributed by atoms with van der Waals surface area (Å²) in [4.78, 5) is 0. The predicted octanol–water partition coefficient (Wildman–Crippen LogP) is 4.47. The molecule has 1 aliphatic carbocycles. The first-order valence-corrected chi connectivity index (χ1v) is 7.50. The van der Waals surface area contributed by atoms with E-state index in [1.165, 1.54) is 0 Å². The number of hydrogen-bond acceptors (Lipinski definition) is 2. The highest BCUT2D eigenvalue weighted by molar-refractivity contribution is 5.63. The fraction of sp³-hybridized carbons (Fsp3) is 0.316. The van der Waals surface area contributed by atoms with Crippen LogP contribution in [0.15, 0.2) is 54.6 Å². The first kappa shape index (κ1) is 13.9. The van der Waals surface area contributed by atoms with E-state index in [0.717, 1.165) is 42.4 Å². The van der Waals surface area contributed by atoms with Crippen molar-refractivity contribution in [1.29, 1.82) is 5.26 Å². The van der Waals surface area contributed by atoms with Gasteiger partial charge >= 0.3 is 0 Å². The molecule has 1 saturated carbocycles. The van der Waals surface area contributed by atoms with Crippen LogP contribution in [0.1, 0.15) is 37.4 Å². The quantitative estimate of drug-likeness (QED) is 0.899. The van der Waals surface area contributed by atoms with Crippen LogP contribution in [0.25, 0.3) is 11.1 Å². The van der Waals surface area contributed by atoms with Crippen LogP contribution in [0.4, 0.5) is 0 Å². The Hall–Kier alpha value is -2.11. The minimum absolute atomic E-state index is 0.589. The minimum Gasteiger partial charge on any atom is -0.387 e. The van der Waals surface area contributed by atoms with E-state index in [1.807, 2.05) is 42.5 Å². The molecule has 2 nitrogen and oxygen atoms in total. The maximum Gasteiger partial charge on any atom is 0.0976 e. The summed E-state index contributed by atoms with van der Waals surface area (Å²) >= 11 is 0. The van der Waals surface area contributed by atoms with Gasteiger partial charge in [0.1, 0.15) is 0 Å². The van der Waals surface area contributed by atoms with E-state index in [9.17, 15) is 10.4 Å². The SMILES string of the molecule is N#CC1(C(O)c2ccc(-c3ccccc3)cc2)CCCC1. The molecular weight excluding hydrogens is 258 g/mol. The Morgan fingerprint density at radius 1 is 0.905 bits per heavy atom. The van der Waals surface area contributed by atoms with Crippen LogP contribution in [-0.2, 0) is 0 Å². The fourth-order valence-electron chi connectivity index (χ4n) is 3.26. The predicted molar refractivity (Wildman–Crippen MR) is 83.4 cm³/mol. The molecule has 0 aliphatic heterocycles. The third-order valence-corrected chi connectivity index (χ3v) is 4.58. The average Bonchev–Trinajstić information content (AvgIpc) is 3.05. The zero-order valence-electron chi connectivity index (χ0n) is 12.0. The monoisotopic (exact) mass is 277 g/mol. The molecule has 1 fully saturated rings. The Kier molecular flexibility index (Phi) is 3.77. The molecular formula is C19H19NO. The van der Waals surface area contributed by atoms with Crippen molar-refractivity contribution in [1.82, 2.24) is 0 Å². The van der Waals surface area contributed by atoms with E-state index in [2.05, 4.69) is 18.2 Å². The van der Waals surface area contributed by atoms with Gasteiger partial charge in [-0.25, -0.2) is 0 Å². The van der Waals surface area contributed by atoms with E-state index in [0.29, 0.717) is 0 Å². The second-order valence-electron chi connectivity index (χ2n) is 5.87. The largest absolute Gasteiger partial charge is 0.387 e. The molecule has 0 spiro atoms. The second-order valence-corrected chi connectivity index (χ2v) is 5.87. The van der Waals surface area contributed by atoms with Crippen molar-refractivity contribution in [2.24, 2.45) is 5.41 Å². The molecule has 2 aromatic rings. The van der Waals surface area contributed by atoms with Gasteiger partial charge in [0, 0.05) is 0 Å². The zero-order valence-corrected chi connectivity index (χ0v) is 12.0. The van der Waals surface area contributed by atoms with Crippen LogP contribution in [0.5, 0.6) is 0 Å². The first-order chi connectivity index (χ1) is 10.2. The molecule has 0 amide bonds. The molecule has 1 aliphatic rings. The maximum absolute atomic E-state index is 10.6. The lowest BCUT2D eigenvalue weighted by molar-refractivity contribution is 0.0671. The number of nitrogens with zero attached hydrogens (tertiary/aromatic N) is 1. The molecule has 1 N–H and O–H groups in total. The number of hydrogen-bond donors (Lipinski definition) is 1. The highest BCUT2D eigenvalue weighted by atomic mass is 16.3. The average molecular weight is 277 g/mol. The topological polar surface area (TPSA) is 44.0 Å². The standard InChI is InChI=1S/C19H19NO/c20-14-19(12-4-5-13-19)18(21)17-10-8-16(9-11-17)15-6-2-1-3-7-15/h1-3,6-11,18,21H,4-5,12-13H2. The molecule has 0 saturated heterocycles. The molecule has 0 bridgehead atoms. The van der Waals surface area contributed by atoms with Crippen LogP contribution in [0.3, 0.4) is 0 Å². The van der Waals surface area contributed by atoms with Gasteiger partial charge in [-0.05, 0) is 29.5 Å². The maximum atomic E-state index is 10.6. The van der Waals surface area contributed by atoms with E-state index in [-0.39, 0.29) is 0 Å². The summed E-state index contributed by atoms with van der Waals surface area (Å²) in [7, 11) is 0. The van der Waals surface area contributed by atoms with Crippen molar-refractivity contribution >= 4 is 0 Å². The van der Waals surface area contributed by atoms with Crippen molar-refractivity contribution in [3.8, 4) is 17.2 Å². The van der Waals surface area contributed by atoms with E-state index in [4.69, 9.17) is 0 Å². The number of nitriles is 1. The highest BCUT2D eigenvalue weighted by Crippen LogP contribution is 2.47. The van der Waals surface area contributed by atoms with Crippen molar-refractivity contribution in [3.63, 3.8) is 0 Å². The Labute approximate surface area is 125 Å². The van der Waals surface area contributed by atoms with Crippen molar-refractivity contribution in [3.05, 3.63) is 60.2 Å². The lowest BCUT2D eigenvalue weighted by Crippen LogP contribution is -2.23. The lowest BCUT2D eigenvalue weighted by atomic mass is 9.78. The number of rotatable bonds is 3.